The van der Waals surface area contributed by atoms with Gasteiger partial charge >= 0.3 is 157 Å². The molecular weight excluding hydrogens is 473 g/mol. The van der Waals surface area contributed by atoms with Crippen molar-refractivity contribution in [1.82, 2.24) is 0 Å². The van der Waals surface area contributed by atoms with Crippen molar-refractivity contribution in [2.24, 2.45) is 0 Å². The van der Waals surface area contributed by atoms with Gasteiger partial charge in [-0.25, -0.2) is 0 Å². The maximum atomic E-state index is 10.2. The van der Waals surface area contributed by atoms with E-state index in [9.17, 15) is 10.2 Å². The maximum absolute atomic E-state index is 10.2. The molecule has 2 N–H and O–H groups in total. The molecule has 128 valence electrons. The van der Waals surface area contributed by atoms with Gasteiger partial charge in [0.05, 0.1) is 0 Å². The monoisotopic (exact) mass is 508 g/mol. The summed E-state index contributed by atoms with van der Waals surface area (Å²) < 4.78 is 6.31. The number of unbranched alkanes of at least 4 members (excludes halogenated alkanes) is 6. The van der Waals surface area contributed by atoms with Crippen LogP contribution in [0.4, 0.5) is 0 Å². The predicted molar refractivity (Wildman–Crippen MR) is 94.3 cm³/mol. The van der Waals surface area contributed by atoms with Crippen molar-refractivity contribution in [3.63, 3.8) is 0 Å². The van der Waals surface area contributed by atoms with Crippen LogP contribution in [-0.4, -0.2) is 21.4 Å². The van der Waals surface area contributed by atoms with E-state index in [2.05, 4.69) is 32.5 Å². The average Bonchev–Trinajstić information content (AvgIpc) is 2.48. The third-order valence-corrected chi connectivity index (χ3v) is 6.68. The molecule has 0 amide bonds. The Morgan fingerprint density at radius 3 is 1.43 bits per heavy atom. The molecular formula is C20H34HgO2. The van der Waals surface area contributed by atoms with Crippen LogP contribution in [0, 0.1) is 18.7 Å². The Hall–Kier alpha value is -0.0249. The van der Waals surface area contributed by atoms with E-state index in [1.165, 1.54) is 38.5 Å². The Bertz CT molecular complexity index is 378. The van der Waals surface area contributed by atoms with E-state index in [1.54, 1.807) is 13.8 Å². The summed E-state index contributed by atoms with van der Waals surface area (Å²) in [5.41, 5.74) is -1.73. The van der Waals surface area contributed by atoms with Crippen LogP contribution in [0.15, 0.2) is 0 Å². The zero-order chi connectivity index (χ0) is 17.6. The van der Waals surface area contributed by atoms with Gasteiger partial charge in [-0.15, -0.1) is 0 Å². The van der Waals surface area contributed by atoms with Crippen LogP contribution < -0.4 is 0 Å². The molecule has 0 heterocycles. The van der Waals surface area contributed by atoms with E-state index in [1.807, 2.05) is 0 Å². The van der Waals surface area contributed by atoms with Gasteiger partial charge < -0.3 is 0 Å². The molecule has 0 saturated heterocycles. The minimum absolute atomic E-state index is 0.746. The van der Waals surface area contributed by atoms with Crippen LogP contribution in [0.25, 0.3) is 0 Å². The summed E-state index contributed by atoms with van der Waals surface area (Å²) in [7, 11) is 0. The Morgan fingerprint density at radius 1 is 0.696 bits per heavy atom. The van der Waals surface area contributed by atoms with Crippen LogP contribution in [0.5, 0.6) is 0 Å². The average molecular weight is 507 g/mol. The van der Waals surface area contributed by atoms with Crippen molar-refractivity contribution in [2.45, 2.75) is 103 Å². The standard InChI is InChI=1S/2C10H17O.Hg/c2*1-4-6-7-8-9-10(3,11)5-2;/h2*11H,4,6-9H2,1,3H3;. The van der Waals surface area contributed by atoms with Crippen molar-refractivity contribution in [1.29, 1.82) is 0 Å². The second kappa shape index (κ2) is 13.3. The third-order valence-electron chi connectivity index (χ3n) is 3.93. The first-order valence-corrected chi connectivity index (χ1v) is 14.8. The molecule has 0 aromatic heterocycles. The van der Waals surface area contributed by atoms with Gasteiger partial charge in [-0.05, 0) is 0 Å². The molecule has 0 rings (SSSR count). The number of hydrogen-bond acceptors (Lipinski definition) is 2. The van der Waals surface area contributed by atoms with Gasteiger partial charge in [0, 0.05) is 0 Å². The quantitative estimate of drug-likeness (QED) is 0.261. The predicted octanol–water partition coefficient (Wildman–Crippen LogP) is 4.43. The Morgan fingerprint density at radius 2 is 1.09 bits per heavy atom. The summed E-state index contributed by atoms with van der Waals surface area (Å²) in [6.07, 6.45) is 10.8. The second-order valence-electron chi connectivity index (χ2n) is 6.95. The van der Waals surface area contributed by atoms with Crippen LogP contribution in [0.3, 0.4) is 0 Å². The molecule has 0 spiro atoms. The van der Waals surface area contributed by atoms with Crippen LogP contribution in [0.1, 0.15) is 91.9 Å². The fourth-order valence-corrected chi connectivity index (χ4v) is 6.42. The van der Waals surface area contributed by atoms with E-state index in [0.29, 0.717) is 0 Å². The zero-order valence-corrected chi connectivity index (χ0v) is 21.2. The molecule has 2 unspecified atom stereocenters. The molecule has 0 fully saturated rings. The molecule has 2 atom stereocenters. The van der Waals surface area contributed by atoms with Crippen molar-refractivity contribution >= 4 is 0 Å². The molecule has 23 heavy (non-hydrogen) atoms. The number of rotatable bonds is 10. The molecule has 0 radical (unpaired) electrons. The van der Waals surface area contributed by atoms with Gasteiger partial charge in [-0.1, -0.05) is 0 Å². The molecule has 0 aliphatic heterocycles. The first-order chi connectivity index (χ1) is 10.8. The SMILES string of the molecule is CCCCCCC(C)(O)C#[C][Hg][C]#CC(C)(O)CCCCCC. The molecule has 0 aromatic carbocycles. The van der Waals surface area contributed by atoms with E-state index < -0.39 is 35.8 Å². The topological polar surface area (TPSA) is 40.5 Å². The normalized spacial score (nSPS) is 15.2. The summed E-state index contributed by atoms with van der Waals surface area (Å²) >= 11 is -1.61. The zero-order valence-electron chi connectivity index (χ0n) is 15.7. The van der Waals surface area contributed by atoms with E-state index in [-0.39, 0.29) is 0 Å². The Balaban J connectivity index is 4.13. The molecule has 0 aliphatic rings. The summed E-state index contributed by atoms with van der Waals surface area (Å²) in [4.78, 5) is 0. The van der Waals surface area contributed by atoms with Crippen molar-refractivity contribution in [2.75, 3.05) is 0 Å². The van der Waals surface area contributed by atoms with Crippen LogP contribution in [-0.2, 0) is 24.6 Å². The van der Waals surface area contributed by atoms with Crippen LogP contribution >= 0.6 is 0 Å². The summed E-state index contributed by atoms with van der Waals surface area (Å²) in [5.74, 6) is 6.00. The van der Waals surface area contributed by atoms with Gasteiger partial charge in [0.1, 0.15) is 0 Å². The van der Waals surface area contributed by atoms with Gasteiger partial charge in [0.25, 0.3) is 0 Å². The first-order valence-electron chi connectivity index (χ1n) is 9.28. The molecule has 0 bridgehead atoms. The minimum atomic E-state index is -1.61. The fraction of sp³-hybridized carbons (Fsp3) is 0.800. The van der Waals surface area contributed by atoms with Gasteiger partial charge in [0.15, 0.2) is 0 Å². The van der Waals surface area contributed by atoms with Gasteiger partial charge in [-0.2, -0.15) is 0 Å². The van der Waals surface area contributed by atoms with Gasteiger partial charge in [0.2, 0.25) is 0 Å². The van der Waals surface area contributed by atoms with Crippen molar-refractivity contribution in [3.05, 3.63) is 0 Å². The fourth-order valence-electron chi connectivity index (χ4n) is 2.43. The third kappa shape index (κ3) is 15.3. The molecule has 2 nitrogen and oxygen atoms in total. The number of aliphatic hydroxyl groups is 2. The van der Waals surface area contributed by atoms with Crippen LogP contribution in [0.2, 0.25) is 0 Å². The van der Waals surface area contributed by atoms with E-state index in [0.717, 1.165) is 25.7 Å². The van der Waals surface area contributed by atoms with E-state index in [4.69, 9.17) is 0 Å². The first kappa shape index (κ1) is 23.0. The molecule has 0 saturated carbocycles. The molecule has 3 heteroatoms. The summed E-state index contributed by atoms with van der Waals surface area (Å²) in [5, 5.41) is 20.4. The van der Waals surface area contributed by atoms with Crippen molar-refractivity contribution < 1.29 is 34.8 Å². The molecule has 0 aliphatic carbocycles. The summed E-state index contributed by atoms with van der Waals surface area (Å²) in [6, 6.07) is 0. The summed E-state index contributed by atoms with van der Waals surface area (Å²) in [6.45, 7) is 7.98. The Kier molecular flexibility index (Phi) is 13.3. The second-order valence-corrected chi connectivity index (χ2v) is 11.1. The Labute approximate surface area is 156 Å². The van der Waals surface area contributed by atoms with E-state index >= 15 is 0 Å². The number of hydrogen-bond donors (Lipinski definition) is 2. The van der Waals surface area contributed by atoms with Crippen molar-refractivity contribution in [3.8, 4) is 18.7 Å². The molecule has 0 aromatic rings. The van der Waals surface area contributed by atoms with Gasteiger partial charge in [-0.3, -0.25) is 0 Å².